The van der Waals surface area contributed by atoms with Crippen LogP contribution >= 0.6 is 23.2 Å². The standard InChI is InChI=1S/C21H24Cl2N4O3S/c1-4-9-21(27(16(3)28)20-24-18(22)14-19(23)25-20)10-12-26(13-11-21)31(29,30)17-7-5-15(2)6-8-17/h4-8,14H,1,9-13H2,2-3H3. The van der Waals surface area contributed by atoms with Gasteiger partial charge in [-0.3, -0.25) is 9.69 Å². The fourth-order valence-electron chi connectivity index (χ4n) is 3.96. The summed E-state index contributed by atoms with van der Waals surface area (Å²) in [5, 5.41) is 0.240. The Bertz CT molecular complexity index is 1060. The molecule has 7 nitrogen and oxygen atoms in total. The van der Waals surface area contributed by atoms with Crippen molar-refractivity contribution in [3.63, 3.8) is 0 Å². The Morgan fingerprint density at radius 1 is 1.19 bits per heavy atom. The number of hydrogen-bond donors (Lipinski definition) is 0. The molecule has 0 atom stereocenters. The average molecular weight is 483 g/mol. The molecule has 2 heterocycles. The van der Waals surface area contributed by atoms with Crippen molar-refractivity contribution in [1.29, 1.82) is 0 Å². The van der Waals surface area contributed by atoms with E-state index in [9.17, 15) is 13.2 Å². The number of carbonyl (C=O) groups is 1. The molecule has 1 fully saturated rings. The van der Waals surface area contributed by atoms with Gasteiger partial charge < -0.3 is 0 Å². The van der Waals surface area contributed by atoms with Crippen LogP contribution in [0, 0.1) is 6.92 Å². The molecule has 0 aliphatic carbocycles. The molecule has 0 saturated carbocycles. The molecule has 1 aliphatic rings. The fraction of sp³-hybridized carbons (Fsp3) is 0.381. The van der Waals surface area contributed by atoms with Crippen molar-refractivity contribution in [2.24, 2.45) is 0 Å². The lowest BCUT2D eigenvalue weighted by Crippen LogP contribution is -2.58. The van der Waals surface area contributed by atoms with E-state index in [1.54, 1.807) is 30.3 Å². The highest BCUT2D eigenvalue weighted by molar-refractivity contribution is 7.89. The van der Waals surface area contributed by atoms with Gasteiger partial charge in [0, 0.05) is 26.1 Å². The van der Waals surface area contributed by atoms with Crippen molar-refractivity contribution in [2.45, 2.75) is 43.5 Å². The third-order valence-corrected chi connectivity index (χ3v) is 7.78. The fourth-order valence-corrected chi connectivity index (χ4v) is 5.81. The van der Waals surface area contributed by atoms with Gasteiger partial charge in [-0.15, -0.1) is 6.58 Å². The van der Waals surface area contributed by atoms with Gasteiger partial charge in [-0.2, -0.15) is 4.31 Å². The molecular weight excluding hydrogens is 459 g/mol. The number of halogens is 2. The van der Waals surface area contributed by atoms with E-state index in [0.29, 0.717) is 19.3 Å². The number of aryl methyl sites for hydroxylation is 1. The zero-order valence-corrected chi connectivity index (χ0v) is 19.7. The van der Waals surface area contributed by atoms with Gasteiger partial charge in [-0.1, -0.05) is 47.0 Å². The summed E-state index contributed by atoms with van der Waals surface area (Å²) in [5.74, 6) is -0.184. The largest absolute Gasteiger partial charge is 0.275 e. The zero-order valence-electron chi connectivity index (χ0n) is 17.4. The van der Waals surface area contributed by atoms with Crippen molar-refractivity contribution in [2.75, 3.05) is 18.0 Å². The van der Waals surface area contributed by atoms with E-state index in [4.69, 9.17) is 23.2 Å². The summed E-state index contributed by atoms with van der Waals surface area (Å²) in [6.45, 7) is 7.63. The third kappa shape index (κ3) is 4.92. The maximum Gasteiger partial charge on any atom is 0.243 e. The van der Waals surface area contributed by atoms with Gasteiger partial charge in [0.25, 0.3) is 0 Å². The number of hydrogen-bond acceptors (Lipinski definition) is 5. The average Bonchev–Trinajstić information content (AvgIpc) is 2.68. The predicted molar refractivity (Wildman–Crippen MR) is 122 cm³/mol. The Kier molecular flexibility index (Phi) is 7.05. The van der Waals surface area contributed by atoms with Crippen LogP contribution in [0.5, 0.6) is 0 Å². The molecule has 0 spiro atoms. The maximum atomic E-state index is 13.1. The van der Waals surface area contributed by atoms with Crippen LogP contribution in [-0.2, 0) is 14.8 Å². The van der Waals surface area contributed by atoms with Gasteiger partial charge in [-0.25, -0.2) is 18.4 Å². The molecule has 0 N–H and O–H groups in total. The summed E-state index contributed by atoms with van der Waals surface area (Å²) in [4.78, 5) is 22.8. The molecule has 1 amide bonds. The molecular formula is C21H24Cl2N4O3S. The molecule has 1 aromatic carbocycles. The normalized spacial score (nSPS) is 16.6. The Balaban J connectivity index is 1.93. The van der Waals surface area contributed by atoms with Crippen molar-refractivity contribution in [3.8, 4) is 0 Å². The first-order valence-corrected chi connectivity index (χ1v) is 12.0. The minimum absolute atomic E-state index is 0.0988. The highest BCUT2D eigenvalue weighted by Gasteiger charge is 2.45. The first-order valence-electron chi connectivity index (χ1n) is 9.78. The lowest BCUT2D eigenvalue weighted by molar-refractivity contribution is -0.118. The second-order valence-corrected chi connectivity index (χ2v) is 10.3. The van der Waals surface area contributed by atoms with Gasteiger partial charge >= 0.3 is 0 Å². The summed E-state index contributed by atoms with van der Waals surface area (Å²) in [6.07, 6.45) is 2.93. The highest BCUT2D eigenvalue weighted by atomic mass is 35.5. The minimum Gasteiger partial charge on any atom is -0.275 e. The molecule has 10 heteroatoms. The molecule has 1 aromatic heterocycles. The molecule has 166 valence electrons. The second kappa shape index (κ2) is 9.24. The van der Waals surface area contributed by atoms with Crippen LogP contribution in [0.25, 0.3) is 0 Å². The van der Waals surface area contributed by atoms with Crippen molar-refractivity contribution in [3.05, 3.63) is 58.9 Å². The summed E-state index contributed by atoms with van der Waals surface area (Å²) >= 11 is 12.1. The number of nitrogens with zero attached hydrogens (tertiary/aromatic N) is 4. The van der Waals surface area contributed by atoms with E-state index in [1.807, 2.05) is 6.92 Å². The lowest BCUT2D eigenvalue weighted by atomic mass is 9.83. The SMILES string of the molecule is C=CCC1(N(C(C)=O)c2nc(Cl)cc(Cl)n2)CCN(S(=O)(=O)c2ccc(C)cc2)CC1. The van der Waals surface area contributed by atoms with Gasteiger partial charge in [-0.05, 0) is 38.3 Å². The van der Waals surface area contributed by atoms with Crippen LogP contribution in [0.2, 0.25) is 10.3 Å². The van der Waals surface area contributed by atoms with Gasteiger partial charge in [0.2, 0.25) is 21.9 Å². The number of carbonyl (C=O) groups excluding carboxylic acids is 1. The Labute approximate surface area is 192 Å². The van der Waals surface area contributed by atoms with Crippen LogP contribution in [-0.4, -0.2) is 47.2 Å². The number of anilines is 1. The maximum absolute atomic E-state index is 13.1. The summed E-state index contributed by atoms with van der Waals surface area (Å²) in [6, 6.07) is 8.16. The Morgan fingerprint density at radius 3 is 2.23 bits per heavy atom. The molecule has 1 saturated heterocycles. The summed E-state index contributed by atoms with van der Waals surface area (Å²) < 4.78 is 27.6. The number of sulfonamides is 1. The van der Waals surface area contributed by atoms with Crippen LogP contribution < -0.4 is 4.90 Å². The molecule has 1 aliphatic heterocycles. The third-order valence-electron chi connectivity index (χ3n) is 5.48. The zero-order chi connectivity index (χ0) is 22.8. The topological polar surface area (TPSA) is 83.5 Å². The van der Waals surface area contributed by atoms with Gasteiger partial charge in [0.05, 0.1) is 10.4 Å². The Hall–Kier alpha value is -2.00. The quantitative estimate of drug-likeness (QED) is 0.453. The van der Waals surface area contributed by atoms with E-state index < -0.39 is 15.6 Å². The minimum atomic E-state index is -3.64. The van der Waals surface area contributed by atoms with Crippen LogP contribution in [0.1, 0.15) is 31.7 Å². The smallest absolute Gasteiger partial charge is 0.243 e. The summed E-state index contributed by atoms with van der Waals surface area (Å²) in [7, 11) is -3.64. The van der Waals surface area contributed by atoms with E-state index in [2.05, 4.69) is 16.5 Å². The van der Waals surface area contributed by atoms with Crippen molar-refractivity contribution >= 4 is 45.1 Å². The second-order valence-electron chi connectivity index (χ2n) is 7.60. The molecule has 0 unspecified atom stereocenters. The summed E-state index contributed by atoms with van der Waals surface area (Å²) in [5.41, 5.74) is 0.251. The molecule has 0 bridgehead atoms. The Morgan fingerprint density at radius 2 is 1.74 bits per heavy atom. The van der Waals surface area contributed by atoms with Gasteiger partial charge in [0.15, 0.2) is 0 Å². The van der Waals surface area contributed by atoms with E-state index in [0.717, 1.165) is 5.56 Å². The lowest BCUT2D eigenvalue weighted by Gasteiger charge is -2.46. The number of benzene rings is 1. The number of aromatic nitrogens is 2. The van der Waals surface area contributed by atoms with Crippen molar-refractivity contribution in [1.82, 2.24) is 14.3 Å². The van der Waals surface area contributed by atoms with Crippen molar-refractivity contribution < 1.29 is 13.2 Å². The first kappa shape index (κ1) is 23.7. The number of amides is 1. The van der Waals surface area contributed by atoms with E-state index >= 15 is 0 Å². The molecule has 3 rings (SSSR count). The highest BCUT2D eigenvalue weighted by Crippen LogP contribution is 2.37. The predicted octanol–water partition coefficient (Wildman–Crippen LogP) is 4.24. The van der Waals surface area contributed by atoms with Crippen LogP contribution in [0.3, 0.4) is 0 Å². The number of rotatable bonds is 6. The van der Waals surface area contributed by atoms with Gasteiger partial charge in [0.1, 0.15) is 10.3 Å². The first-order chi connectivity index (χ1) is 14.6. The molecule has 0 radical (unpaired) electrons. The molecule has 2 aromatic rings. The number of piperidine rings is 1. The molecule has 31 heavy (non-hydrogen) atoms. The van der Waals surface area contributed by atoms with Crippen LogP contribution in [0.4, 0.5) is 5.95 Å². The van der Waals surface area contributed by atoms with Crippen LogP contribution in [0.15, 0.2) is 47.9 Å². The van der Waals surface area contributed by atoms with E-state index in [-0.39, 0.29) is 40.1 Å². The monoisotopic (exact) mass is 482 g/mol. The van der Waals surface area contributed by atoms with E-state index in [1.165, 1.54) is 22.2 Å².